The van der Waals surface area contributed by atoms with Crippen molar-refractivity contribution in [1.82, 2.24) is 5.32 Å². The first-order valence-electron chi connectivity index (χ1n) is 6.64. The fraction of sp³-hybridized carbons (Fsp3) is 0.600. The predicted octanol–water partition coefficient (Wildman–Crippen LogP) is 3.29. The molecule has 3 nitrogen and oxygen atoms in total. The van der Waals surface area contributed by atoms with Gasteiger partial charge >= 0.3 is 0 Å². The van der Waals surface area contributed by atoms with Gasteiger partial charge in [-0.3, -0.25) is 0 Å². The molecule has 0 saturated heterocycles. The van der Waals surface area contributed by atoms with E-state index in [9.17, 15) is 0 Å². The molecule has 1 N–H and O–H groups in total. The Balaban J connectivity index is 2.72. The van der Waals surface area contributed by atoms with Crippen molar-refractivity contribution < 1.29 is 9.47 Å². The van der Waals surface area contributed by atoms with Gasteiger partial charge in [0.1, 0.15) is 5.75 Å². The number of rotatable bonds is 8. The first-order chi connectivity index (χ1) is 8.72. The average Bonchev–Trinajstić information content (AvgIpc) is 2.42. The third kappa shape index (κ3) is 4.31. The van der Waals surface area contributed by atoms with E-state index in [2.05, 4.69) is 31.3 Å². The molecule has 1 aromatic rings. The molecule has 0 aromatic heterocycles. The van der Waals surface area contributed by atoms with Crippen LogP contribution in [0.3, 0.4) is 0 Å². The zero-order valence-electron chi connectivity index (χ0n) is 12.0. The summed E-state index contributed by atoms with van der Waals surface area (Å²) >= 11 is 0. The van der Waals surface area contributed by atoms with Crippen molar-refractivity contribution in [2.75, 3.05) is 20.8 Å². The van der Waals surface area contributed by atoms with Gasteiger partial charge in [-0.25, -0.2) is 0 Å². The van der Waals surface area contributed by atoms with E-state index in [-0.39, 0.29) is 0 Å². The van der Waals surface area contributed by atoms with Gasteiger partial charge in [-0.2, -0.15) is 0 Å². The van der Waals surface area contributed by atoms with Gasteiger partial charge < -0.3 is 14.8 Å². The lowest BCUT2D eigenvalue weighted by atomic mass is 10.0. The van der Waals surface area contributed by atoms with E-state index < -0.39 is 0 Å². The van der Waals surface area contributed by atoms with Gasteiger partial charge in [0.05, 0.1) is 13.7 Å². The lowest BCUT2D eigenvalue weighted by molar-refractivity contribution is 0.116. The zero-order chi connectivity index (χ0) is 13.4. The van der Waals surface area contributed by atoms with Gasteiger partial charge in [0.15, 0.2) is 0 Å². The zero-order valence-corrected chi connectivity index (χ0v) is 12.0. The fourth-order valence-corrected chi connectivity index (χ4v) is 1.78. The number of methoxy groups -OCH3 is 1. The maximum absolute atomic E-state index is 5.67. The highest BCUT2D eigenvalue weighted by Crippen LogP contribution is 2.24. The lowest BCUT2D eigenvalue weighted by Gasteiger charge is -2.15. The van der Waals surface area contributed by atoms with Crippen molar-refractivity contribution in [3.63, 3.8) is 0 Å². The highest BCUT2D eigenvalue weighted by molar-refractivity contribution is 5.38. The van der Waals surface area contributed by atoms with Crippen LogP contribution < -0.4 is 10.1 Å². The minimum absolute atomic E-state index is 0.338. The van der Waals surface area contributed by atoms with Gasteiger partial charge in [-0.1, -0.05) is 19.4 Å². The summed E-state index contributed by atoms with van der Waals surface area (Å²) < 4.78 is 11.0. The summed E-state index contributed by atoms with van der Waals surface area (Å²) in [6.45, 7) is 5.74. The Morgan fingerprint density at radius 1 is 1.33 bits per heavy atom. The minimum Gasteiger partial charge on any atom is -0.496 e. The van der Waals surface area contributed by atoms with Crippen molar-refractivity contribution in [2.24, 2.45) is 0 Å². The summed E-state index contributed by atoms with van der Waals surface area (Å²) in [6, 6.07) is 6.61. The van der Waals surface area contributed by atoms with Crippen LogP contribution in [0, 0.1) is 0 Å². The molecule has 3 heteroatoms. The van der Waals surface area contributed by atoms with E-state index in [0.717, 1.165) is 30.8 Å². The van der Waals surface area contributed by atoms with Gasteiger partial charge in [0.2, 0.25) is 0 Å². The van der Waals surface area contributed by atoms with Crippen molar-refractivity contribution in [3.8, 4) is 5.75 Å². The Labute approximate surface area is 110 Å². The first-order valence-corrected chi connectivity index (χ1v) is 6.64. The van der Waals surface area contributed by atoms with Crippen LogP contribution in [-0.4, -0.2) is 20.8 Å². The van der Waals surface area contributed by atoms with Crippen LogP contribution in [0.4, 0.5) is 0 Å². The summed E-state index contributed by atoms with van der Waals surface area (Å²) in [5.41, 5.74) is 2.38. The molecule has 0 aliphatic rings. The second-order valence-electron chi connectivity index (χ2n) is 4.49. The van der Waals surface area contributed by atoms with E-state index >= 15 is 0 Å². The van der Waals surface area contributed by atoms with Crippen LogP contribution in [0.5, 0.6) is 5.75 Å². The third-order valence-corrected chi connectivity index (χ3v) is 3.14. The Kier molecular flexibility index (Phi) is 6.76. The Morgan fingerprint density at radius 3 is 2.72 bits per heavy atom. The maximum atomic E-state index is 5.67. The highest BCUT2D eigenvalue weighted by Gasteiger charge is 2.08. The third-order valence-electron chi connectivity index (χ3n) is 3.14. The number of unbranched alkanes of at least 4 members (excludes halogenated alkanes) is 1. The maximum Gasteiger partial charge on any atom is 0.124 e. The highest BCUT2D eigenvalue weighted by atomic mass is 16.5. The molecule has 102 valence electrons. The van der Waals surface area contributed by atoms with E-state index in [1.807, 2.05) is 13.1 Å². The monoisotopic (exact) mass is 251 g/mol. The summed E-state index contributed by atoms with van der Waals surface area (Å²) in [6.07, 6.45) is 2.27. The normalized spacial score (nSPS) is 12.4. The molecule has 0 aliphatic carbocycles. The Bertz CT molecular complexity index is 352. The van der Waals surface area contributed by atoms with Crippen molar-refractivity contribution in [3.05, 3.63) is 29.3 Å². The second-order valence-corrected chi connectivity index (χ2v) is 4.49. The van der Waals surface area contributed by atoms with E-state index in [1.54, 1.807) is 7.11 Å². The average molecular weight is 251 g/mol. The number of hydrogen-bond acceptors (Lipinski definition) is 3. The standard InChI is InChI=1S/C15H25NO2/c1-5-6-9-18-11-14-10-13(12(2)16-3)7-8-15(14)17-4/h7-8,10,12,16H,5-6,9,11H2,1-4H3. The number of benzene rings is 1. The minimum atomic E-state index is 0.338. The Morgan fingerprint density at radius 2 is 2.11 bits per heavy atom. The summed E-state index contributed by atoms with van der Waals surface area (Å²) in [4.78, 5) is 0. The molecule has 1 atom stereocenters. The molecule has 0 amide bonds. The topological polar surface area (TPSA) is 30.5 Å². The summed E-state index contributed by atoms with van der Waals surface area (Å²) in [7, 11) is 3.67. The smallest absolute Gasteiger partial charge is 0.124 e. The quantitative estimate of drug-likeness (QED) is 0.719. The first kappa shape index (κ1) is 15.0. The van der Waals surface area contributed by atoms with Crippen LogP contribution in [0.1, 0.15) is 43.9 Å². The molecule has 0 aliphatic heterocycles. The summed E-state index contributed by atoms with van der Waals surface area (Å²) in [5, 5.41) is 3.24. The molecule has 0 spiro atoms. The van der Waals surface area contributed by atoms with Crippen LogP contribution >= 0.6 is 0 Å². The molecule has 1 rings (SSSR count). The largest absolute Gasteiger partial charge is 0.496 e. The van der Waals surface area contributed by atoms with Crippen LogP contribution in [0.25, 0.3) is 0 Å². The van der Waals surface area contributed by atoms with Gasteiger partial charge in [0, 0.05) is 18.2 Å². The molecule has 0 fully saturated rings. The molecule has 0 bridgehead atoms. The molecular weight excluding hydrogens is 226 g/mol. The van der Waals surface area contributed by atoms with E-state index in [1.165, 1.54) is 5.56 Å². The van der Waals surface area contributed by atoms with Crippen LogP contribution in [0.2, 0.25) is 0 Å². The van der Waals surface area contributed by atoms with Gasteiger partial charge in [-0.05, 0) is 38.1 Å². The molecule has 0 saturated carbocycles. The molecule has 0 heterocycles. The fourth-order valence-electron chi connectivity index (χ4n) is 1.78. The molecule has 1 aromatic carbocycles. The van der Waals surface area contributed by atoms with Gasteiger partial charge in [0.25, 0.3) is 0 Å². The SMILES string of the molecule is CCCCOCc1cc(C(C)NC)ccc1OC. The molecule has 18 heavy (non-hydrogen) atoms. The van der Waals surface area contributed by atoms with Crippen molar-refractivity contribution in [2.45, 2.75) is 39.3 Å². The van der Waals surface area contributed by atoms with Gasteiger partial charge in [-0.15, -0.1) is 0 Å². The van der Waals surface area contributed by atoms with E-state index in [0.29, 0.717) is 12.6 Å². The van der Waals surface area contributed by atoms with Crippen molar-refractivity contribution >= 4 is 0 Å². The molecule has 0 radical (unpaired) electrons. The second kappa shape index (κ2) is 8.11. The lowest BCUT2D eigenvalue weighted by Crippen LogP contribution is -2.12. The predicted molar refractivity (Wildman–Crippen MR) is 75.0 cm³/mol. The molecule has 1 unspecified atom stereocenters. The van der Waals surface area contributed by atoms with E-state index in [4.69, 9.17) is 9.47 Å². The Hall–Kier alpha value is -1.06. The van der Waals surface area contributed by atoms with Crippen LogP contribution in [0.15, 0.2) is 18.2 Å². The number of ether oxygens (including phenoxy) is 2. The number of hydrogen-bond donors (Lipinski definition) is 1. The molecular formula is C15H25NO2. The van der Waals surface area contributed by atoms with Crippen molar-refractivity contribution in [1.29, 1.82) is 0 Å². The number of nitrogens with one attached hydrogen (secondary N) is 1. The summed E-state index contributed by atoms with van der Waals surface area (Å²) in [5.74, 6) is 0.901. The van der Waals surface area contributed by atoms with Crippen LogP contribution in [-0.2, 0) is 11.3 Å².